The van der Waals surface area contributed by atoms with Crippen molar-refractivity contribution in [2.24, 2.45) is 0 Å². The van der Waals surface area contributed by atoms with Crippen molar-refractivity contribution in [3.63, 3.8) is 0 Å². The van der Waals surface area contributed by atoms with Crippen molar-refractivity contribution >= 4 is 10.8 Å². The monoisotopic (exact) mass is 487 g/mol. The molecule has 8 heteroatoms. The average molecular weight is 487 g/mol. The summed E-state index contributed by atoms with van der Waals surface area (Å²) in [7, 11) is 0. The average Bonchev–Trinajstić information content (AvgIpc) is 2.83. The van der Waals surface area contributed by atoms with Gasteiger partial charge in [0.05, 0.1) is 18.5 Å². The van der Waals surface area contributed by atoms with Crippen molar-refractivity contribution in [3.8, 4) is 22.8 Å². The van der Waals surface area contributed by atoms with Crippen LogP contribution in [0, 0.1) is 11.6 Å². The largest absolute Gasteiger partial charge is 0.573 e. The Bertz CT molecular complexity index is 1320. The predicted octanol–water partition coefficient (Wildman–Crippen LogP) is 7.65. The van der Waals surface area contributed by atoms with Gasteiger partial charge in [0.1, 0.15) is 11.6 Å². The van der Waals surface area contributed by atoms with E-state index in [0.717, 1.165) is 29.8 Å². The fraction of sp³-hybridized carbons (Fsp3) is 0.222. The highest BCUT2D eigenvalue weighted by molar-refractivity contribution is 5.88. The van der Waals surface area contributed by atoms with Gasteiger partial charge in [0.25, 0.3) is 0 Å². The number of fused-ring (bicyclic) bond motifs is 1. The second kappa shape index (κ2) is 10.3. The standard InChI is InChI=1S/C27H22F5NO2/c1-2-13-34-21-9-11-24(33-16-21)20-8-10-22-19(15-20)7-6-18(26(22)29)5-3-17-4-12-25(23(28)14-17)35-27(30,31)32/h4,6-12,14-16H,2-3,5,13H2,1H3. The van der Waals surface area contributed by atoms with Crippen LogP contribution in [0.1, 0.15) is 24.5 Å². The van der Waals surface area contributed by atoms with E-state index in [1.54, 1.807) is 30.5 Å². The van der Waals surface area contributed by atoms with Crippen molar-refractivity contribution in [1.82, 2.24) is 4.98 Å². The molecule has 3 nitrogen and oxygen atoms in total. The minimum absolute atomic E-state index is 0.250. The maximum Gasteiger partial charge on any atom is 0.573 e. The van der Waals surface area contributed by atoms with Crippen molar-refractivity contribution in [2.45, 2.75) is 32.5 Å². The molecule has 0 unspecified atom stereocenters. The lowest BCUT2D eigenvalue weighted by atomic mass is 9.98. The molecule has 0 saturated heterocycles. The second-order valence-electron chi connectivity index (χ2n) is 8.01. The number of ether oxygens (including phenoxy) is 2. The van der Waals surface area contributed by atoms with Gasteiger partial charge in [0, 0.05) is 10.9 Å². The number of halogens is 5. The van der Waals surface area contributed by atoms with Crippen molar-refractivity contribution in [1.29, 1.82) is 0 Å². The molecular weight excluding hydrogens is 465 g/mol. The molecule has 182 valence electrons. The summed E-state index contributed by atoms with van der Waals surface area (Å²) in [6.07, 6.45) is -1.91. The number of pyridine rings is 1. The first-order valence-corrected chi connectivity index (χ1v) is 11.1. The Kier molecular flexibility index (Phi) is 7.19. The number of benzene rings is 3. The molecule has 35 heavy (non-hydrogen) atoms. The normalized spacial score (nSPS) is 11.6. The Labute approximate surface area is 199 Å². The summed E-state index contributed by atoms with van der Waals surface area (Å²) in [6.45, 7) is 2.64. The highest BCUT2D eigenvalue weighted by Gasteiger charge is 2.32. The molecule has 0 spiro atoms. The smallest absolute Gasteiger partial charge is 0.492 e. The predicted molar refractivity (Wildman–Crippen MR) is 123 cm³/mol. The molecular formula is C27H22F5NO2. The van der Waals surface area contributed by atoms with Gasteiger partial charge in [0.2, 0.25) is 0 Å². The van der Waals surface area contributed by atoms with Crippen LogP contribution in [-0.2, 0) is 12.8 Å². The third kappa shape index (κ3) is 6.07. The number of aryl methyl sites for hydroxylation is 2. The van der Waals surface area contributed by atoms with Crippen LogP contribution in [0.3, 0.4) is 0 Å². The van der Waals surface area contributed by atoms with Crippen LogP contribution in [0.4, 0.5) is 22.0 Å². The SMILES string of the molecule is CCCOc1ccc(-c2ccc3c(F)c(CCc4ccc(OC(F)(F)F)c(F)c4)ccc3c2)nc1. The van der Waals surface area contributed by atoms with E-state index >= 15 is 4.39 Å². The van der Waals surface area contributed by atoms with Crippen LogP contribution in [0.5, 0.6) is 11.5 Å². The van der Waals surface area contributed by atoms with Gasteiger partial charge in [-0.15, -0.1) is 13.2 Å². The molecule has 1 heterocycles. The van der Waals surface area contributed by atoms with Gasteiger partial charge < -0.3 is 9.47 Å². The fourth-order valence-electron chi connectivity index (χ4n) is 3.73. The Morgan fingerprint density at radius 3 is 2.40 bits per heavy atom. The maximum atomic E-state index is 15.2. The lowest BCUT2D eigenvalue weighted by molar-refractivity contribution is -0.275. The summed E-state index contributed by atoms with van der Waals surface area (Å²) in [5, 5.41) is 1.14. The molecule has 4 rings (SSSR count). The first-order chi connectivity index (χ1) is 16.7. The Balaban J connectivity index is 1.48. The minimum Gasteiger partial charge on any atom is -0.492 e. The van der Waals surface area contributed by atoms with Gasteiger partial charge in [-0.1, -0.05) is 37.3 Å². The first kappa shape index (κ1) is 24.4. The Morgan fingerprint density at radius 2 is 1.71 bits per heavy atom. The van der Waals surface area contributed by atoms with E-state index in [2.05, 4.69) is 9.72 Å². The molecule has 0 bridgehead atoms. The number of aromatic nitrogens is 1. The molecule has 3 aromatic carbocycles. The number of rotatable bonds is 8. The number of nitrogens with zero attached hydrogens (tertiary/aromatic N) is 1. The molecule has 0 saturated carbocycles. The molecule has 1 aromatic heterocycles. The second-order valence-corrected chi connectivity index (χ2v) is 8.01. The van der Waals surface area contributed by atoms with E-state index in [-0.39, 0.29) is 18.7 Å². The third-order valence-electron chi connectivity index (χ3n) is 5.44. The fourth-order valence-corrected chi connectivity index (χ4v) is 3.73. The summed E-state index contributed by atoms with van der Waals surface area (Å²) < 4.78 is 75.2. The van der Waals surface area contributed by atoms with Gasteiger partial charge >= 0.3 is 6.36 Å². The molecule has 0 amide bonds. The molecule has 0 fully saturated rings. The number of alkyl halides is 3. The summed E-state index contributed by atoms with van der Waals surface area (Å²) in [5.41, 5.74) is 2.43. The van der Waals surface area contributed by atoms with E-state index in [9.17, 15) is 17.6 Å². The molecule has 0 aliphatic rings. The summed E-state index contributed by atoms with van der Waals surface area (Å²) >= 11 is 0. The van der Waals surface area contributed by atoms with Crippen molar-refractivity contribution in [3.05, 3.63) is 89.6 Å². The van der Waals surface area contributed by atoms with Gasteiger partial charge in [-0.2, -0.15) is 0 Å². The molecule has 0 atom stereocenters. The summed E-state index contributed by atoms with van der Waals surface area (Å²) in [5.74, 6) is -1.71. The first-order valence-electron chi connectivity index (χ1n) is 11.1. The zero-order valence-electron chi connectivity index (χ0n) is 18.8. The Morgan fingerprint density at radius 1 is 0.886 bits per heavy atom. The van der Waals surface area contributed by atoms with Gasteiger partial charge in [-0.05, 0) is 66.1 Å². The maximum absolute atomic E-state index is 15.2. The zero-order valence-corrected chi connectivity index (χ0v) is 18.8. The quantitative estimate of drug-likeness (QED) is 0.239. The highest BCUT2D eigenvalue weighted by atomic mass is 19.4. The Hall–Kier alpha value is -3.68. The minimum atomic E-state index is -4.97. The lowest BCUT2D eigenvalue weighted by Gasteiger charge is -2.11. The van der Waals surface area contributed by atoms with E-state index in [4.69, 9.17) is 4.74 Å². The molecule has 4 aromatic rings. The van der Waals surface area contributed by atoms with Crippen LogP contribution in [0.25, 0.3) is 22.0 Å². The van der Waals surface area contributed by atoms with Crippen molar-refractivity contribution in [2.75, 3.05) is 6.61 Å². The van der Waals surface area contributed by atoms with E-state index in [1.807, 2.05) is 25.1 Å². The molecule has 0 N–H and O–H groups in total. The summed E-state index contributed by atoms with van der Waals surface area (Å²) in [6, 6.07) is 15.7. The van der Waals surface area contributed by atoms with E-state index in [1.165, 1.54) is 6.07 Å². The molecule has 0 aliphatic carbocycles. The van der Waals surface area contributed by atoms with Gasteiger partial charge in [-0.25, -0.2) is 8.78 Å². The van der Waals surface area contributed by atoms with E-state index < -0.39 is 17.9 Å². The van der Waals surface area contributed by atoms with Crippen LogP contribution < -0.4 is 9.47 Å². The van der Waals surface area contributed by atoms with Gasteiger partial charge in [0.15, 0.2) is 11.6 Å². The highest BCUT2D eigenvalue weighted by Crippen LogP contribution is 2.29. The summed E-state index contributed by atoms with van der Waals surface area (Å²) in [4.78, 5) is 4.42. The zero-order chi connectivity index (χ0) is 25.0. The topological polar surface area (TPSA) is 31.4 Å². The van der Waals surface area contributed by atoms with Gasteiger partial charge in [-0.3, -0.25) is 4.98 Å². The number of hydrogen-bond donors (Lipinski definition) is 0. The van der Waals surface area contributed by atoms with Crippen LogP contribution in [0.2, 0.25) is 0 Å². The van der Waals surface area contributed by atoms with Crippen LogP contribution in [-0.4, -0.2) is 18.0 Å². The number of hydrogen-bond acceptors (Lipinski definition) is 3. The van der Waals surface area contributed by atoms with Crippen molar-refractivity contribution < 1.29 is 31.4 Å². The lowest BCUT2D eigenvalue weighted by Crippen LogP contribution is -2.18. The van der Waals surface area contributed by atoms with E-state index in [0.29, 0.717) is 34.3 Å². The molecule has 0 aliphatic heterocycles. The molecule has 0 radical (unpaired) electrons. The van der Waals surface area contributed by atoms with Crippen LogP contribution in [0.15, 0.2) is 66.9 Å². The third-order valence-corrected chi connectivity index (χ3v) is 5.44. The van der Waals surface area contributed by atoms with Crippen LogP contribution >= 0.6 is 0 Å².